The lowest BCUT2D eigenvalue weighted by atomic mass is 10.1. The second-order valence-electron chi connectivity index (χ2n) is 5.26. The predicted molar refractivity (Wildman–Crippen MR) is 75.4 cm³/mol. The summed E-state index contributed by atoms with van der Waals surface area (Å²) >= 11 is 0. The van der Waals surface area contributed by atoms with Crippen LogP contribution in [0.4, 0.5) is 0 Å². The molecule has 0 spiro atoms. The van der Waals surface area contributed by atoms with Crippen molar-refractivity contribution in [3.8, 4) is 0 Å². The molecule has 108 valence electrons. The van der Waals surface area contributed by atoms with Gasteiger partial charge in [0.1, 0.15) is 12.2 Å². The second kappa shape index (κ2) is 6.53. The lowest BCUT2D eigenvalue weighted by molar-refractivity contribution is 0.443. The molecule has 0 fully saturated rings. The van der Waals surface area contributed by atoms with Crippen LogP contribution in [0.2, 0.25) is 0 Å². The molecule has 20 heavy (non-hydrogen) atoms. The summed E-state index contributed by atoms with van der Waals surface area (Å²) in [5, 5.41) is 4.25. The minimum atomic E-state index is -0.127. The van der Waals surface area contributed by atoms with Gasteiger partial charge >= 0.3 is 0 Å². The molecule has 2 aromatic heterocycles. The molecule has 0 saturated carbocycles. The summed E-state index contributed by atoms with van der Waals surface area (Å²) in [5.41, 5.74) is 4.46. The molecule has 0 aliphatic rings. The van der Waals surface area contributed by atoms with Gasteiger partial charge in [-0.3, -0.25) is 21.2 Å². The Labute approximate surface area is 118 Å². The quantitative estimate of drug-likeness (QED) is 0.597. The Morgan fingerprint density at radius 2 is 2.05 bits per heavy atom. The summed E-state index contributed by atoms with van der Waals surface area (Å²) < 4.78 is 1.91. The van der Waals surface area contributed by atoms with Crippen molar-refractivity contribution in [1.82, 2.24) is 30.2 Å². The highest BCUT2D eigenvalue weighted by Crippen LogP contribution is 2.14. The van der Waals surface area contributed by atoms with Crippen LogP contribution in [0.5, 0.6) is 0 Å². The maximum atomic E-state index is 5.64. The molecule has 2 heterocycles. The van der Waals surface area contributed by atoms with Gasteiger partial charge in [-0.2, -0.15) is 5.10 Å². The monoisotopic (exact) mass is 275 g/mol. The maximum absolute atomic E-state index is 5.64. The van der Waals surface area contributed by atoms with Crippen LogP contribution in [0.25, 0.3) is 0 Å². The third-order valence-electron chi connectivity index (χ3n) is 2.98. The predicted octanol–water partition coefficient (Wildman–Crippen LogP) is 0.780. The molecule has 0 bridgehead atoms. The summed E-state index contributed by atoms with van der Waals surface area (Å²) in [7, 11) is 0. The second-order valence-corrected chi connectivity index (χ2v) is 5.26. The third-order valence-corrected chi connectivity index (χ3v) is 2.98. The number of hydrogen-bond acceptors (Lipinski definition) is 6. The maximum Gasteiger partial charge on any atom is 0.138 e. The molecule has 1 unspecified atom stereocenters. The number of hydrogen-bond donors (Lipinski definition) is 2. The number of aromatic nitrogens is 5. The molecule has 0 aliphatic carbocycles. The number of nitrogens with one attached hydrogen (secondary N) is 1. The Bertz CT molecular complexity index is 532. The average molecular weight is 275 g/mol. The fourth-order valence-electron chi connectivity index (χ4n) is 1.96. The van der Waals surface area contributed by atoms with Gasteiger partial charge in [-0.15, -0.1) is 0 Å². The number of rotatable bonds is 6. The van der Waals surface area contributed by atoms with Crippen molar-refractivity contribution in [2.75, 3.05) is 0 Å². The van der Waals surface area contributed by atoms with Gasteiger partial charge in [0, 0.05) is 19.2 Å². The first-order valence-electron chi connectivity index (χ1n) is 6.71. The first-order chi connectivity index (χ1) is 9.60. The molecule has 0 radical (unpaired) electrons. The van der Waals surface area contributed by atoms with Gasteiger partial charge in [-0.25, -0.2) is 9.67 Å². The van der Waals surface area contributed by atoms with Crippen LogP contribution in [0, 0.1) is 12.8 Å². The molecule has 0 aromatic carbocycles. The first kappa shape index (κ1) is 14.5. The Hall–Kier alpha value is -1.86. The van der Waals surface area contributed by atoms with Crippen LogP contribution >= 0.6 is 0 Å². The standard InChI is InChI=1S/C13H21N7/c1-9(2)7-20-13(17-8-18-20)4-11(19-14)12-6-15-10(3)5-16-12/h5-6,8-9,11,19H,4,7,14H2,1-3H3. The molecule has 2 aromatic rings. The molecule has 7 heteroatoms. The number of nitrogens with two attached hydrogens (primary N) is 1. The van der Waals surface area contributed by atoms with E-state index >= 15 is 0 Å². The van der Waals surface area contributed by atoms with E-state index in [1.54, 1.807) is 18.7 Å². The van der Waals surface area contributed by atoms with E-state index in [4.69, 9.17) is 5.84 Å². The normalized spacial score (nSPS) is 12.8. The van der Waals surface area contributed by atoms with Gasteiger partial charge in [0.25, 0.3) is 0 Å². The number of nitrogens with zero attached hydrogens (tertiary/aromatic N) is 5. The molecule has 0 amide bonds. The highest BCUT2D eigenvalue weighted by atomic mass is 15.3. The number of hydrazine groups is 1. The Morgan fingerprint density at radius 1 is 1.25 bits per heavy atom. The fraction of sp³-hybridized carbons (Fsp3) is 0.538. The molecule has 3 N–H and O–H groups in total. The highest BCUT2D eigenvalue weighted by Gasteiger charge is 2.16. The lowest BCUT2D eigenvalue weighted by Crippen LogP contribution is -2.31. The highest BCUT2D eigenvalue weighted by molar-refractivity contribution is 5.08. The van der Waals surface area contributed by atoms with E-state index in [9.17, 15) is 0 Å². The van der Waals surface area contributed by atoms with E-state index in [2.05, 4.69) is 39.3 Å². The SMILES string of the molecule is Cc1cnc(C(Cc2ncnn2CC(C)C)NN)cn1. The molecule has 7 nitrogen and oxygen atoms in total. The van der Waals surface area contributed by atoms with Crippen LogP contribution in [-0.4, -0.2) is 24.7 Å². The largest absolute Gasteiger partial charge is 0.271 e. The summed E-state index contributed by atoms with van der Waals surface area (Å²) in [5.74, 6) is 7.04. The molecule has 2 rings (SSSR count). The Kier molecular flexibility index (Phi) is 4.75. The smallest absolute Gasteiger partial charge is 0.138 e. The molecule has 0 aliphatic heterocycles. The Morgan fingerprint density at radius 3 is 2.65 bits per heavy atom. The third kappa shape index (κ3) is 3.58. The van der Waals surface area contributed by atoms with E-state index < -0.39 is 0 Å². The minimum Gasteiger partial charge on any atom is -0.271 e. The average Bonchev–Trinajstić information content (AvgIpc) is 2.83. The van der Waals surface area contributed by atoms with Crippen molar-refractivity contribution in [3.05, 3.63) is 35.9 Å². The summed E-state index contributed by atoms with van der Waals surface area (Å²) in [6, 6.07) is -0.127. The van der Waals surface area contributed by atoms with Gasteiger partial charge in [0.15, 0.2) is 0 Å². The van der Waals surface area contributed by atoms with Crippen molar-refractivity contribution in [2.45, 2.75) is 39.8 Å². The topological polar surface area (TPSA) is 94.5 Å². The van der Waals surface area contributed by atoms with Crippen LogP contribution in [0.15, 0.2) is 18.7 Å². The van der Waals surface area contributed by atoms with Crippen molar-refractivity contribution in [1.29, 1.82) is 0 Å². The summed E-state index contributed by atoms with van der Waals surface area (Å²) in [6.07, 6.45) is 5.68. The van der Waals surface area contributed by atoms with Gasteiger partial charge in [-0.05, 0) is 12.8 Å². The van der Waals surface area contributed by atoms with Crippen molar-refractivity contribution >= 4 is 0 Å². The van der Waals surface area contributed by atoms with Gasteiger partial charge in [-0.1, -0.05) is 13.8 Å². The van der Waals surface area contributed by atoms with Crippen LogP contribution < -0.4 is 11.3 Å². The van der Waals surface area contributed by atoms with Gasteiger partial charge < -0.3 is 0 Å². The van der Waals surface area contributed by atoms with E-state index in [-0.39, 0.29) is 6.04 Å². The van der Waals surface area contributed by atoms with Crippen molar-refractivity contribution < 1.29 is 0 Å². The molecular formula is C13H21N7. The summed E-state index contributed by atoms with van der Waals surface area (Å²) in [6.45, 7) is 7.04. The summed E-state index contributed by atoms with van der Waals surface area (Å²) in [4.78, 5) is 12.9. The zero-order valence-corrected chi connectivity index (χ0v) is 12.1. The van der Waals surface area contributed by atoms with E-state index in [0.29, 0.717) is 12.3 Å². The van der Waals surface area contributed by atoms with E-state index in [1.165, 1.54) is 0 Å². The molecule has 0 saturated heterocycles. The van der Waals surface area contributed by atoms with E-state index in [1.807, 2.05) is 11.6 Å². The lowest BCUT2D eigenvalue weighted by Gasteiger charge is -2.16. The van der Waals surface area contributed by atoms with Crippen molar-refractivity contribution in [2.24, 2.45) is 11.8 Å². The van der Waals surface area contributed by atoms with Crippen molar-refractivity contribution in [3.63, 3.8) is 0 Å². The zero-order valence-electron chi connectivity index (χ0n) is 12.1. The Balaban J connectivity index is 2.14. The van der Waals surface area contributed by atoms with Crippen LogP contribution in [0.1, 0.15) is 37.1 Å². The fourth-order valence-corrected chi connectivity index (χ4v) is 1.96. The minimum absolute atomic E-state index is 0.127. The van der Waals surface area contributed by atoms with Crippen LogP contribution in [0.3, 0.4) is 0 Å². The molecular weight excluding hydrogens is 254 g/mol. The van der Waals surface area contributed by atoms with Crippen LogP contribution in [-0.2, 0) is 13.0 Å². The van der Waals surface area contributed by atoms with Gasteiger partial charge in [0.05, 0.1) is 23.6 Å². The van der Waals surface area contributed by atoms with Gasteiger partial charge in [0.2, 0.25) is 0 Å². The zero-order chi connectivity index (χ0) is 14.5. The number of aryl methyl sites for hydroxylation is 1. The first-order valence-corrected chi connectivity index (χ1v) is 6.71. The molecule has 1 atom stereocenters. The van der Waals surface area contributed by atoms with E-state index in [0.717, 1.165) is 23.8 Å².